The summed E-state index contributed by atoms with van der Waals surface area (Å²) in [7, 11) is 0. The first-order valence-corrected chi connectivity index (χ1v) is 14.6. The number of aromatic nitrogens is 1. The number of piperidine rings is 1. The number of halogens is 3. The lowest BCUT2D eigenvalue weighted by Crippen LogP contribution is -2.48. The molecular formula is C32H31ClF2N8. The van der Waals surface area contributed by atoms with Crippen molar-refractivity contribution in [2.45, 2.75) is 31.8 Å². The lowest BCUT2D eigenvalue weighted by molar-refractivity contribution is 0.112. The van der Waals surface area contributed by atoms with Gasteiger partial charge in [-0.25, -0.2) is 8.78 Å². The molecule has 11 heteroatoms. The van der Waals surface area contributed by atoms with Gasteiger partial charge in [0.05, 0.1) is 33.5 Å². The second kappa shape index (κ2) is 12.4. The average Bonchev–Trinajstić information content (AvgIpc) is 3.52. The number of nitrogens with one attached hydrogen (secondary N) is 4. The molecule has 1 aromatic heterocycles. The maximum atomic E-state index is 13.9. The van der Waals surface area contributed by atoms with E-state index < -0.39 is 5.82 Å². The molecule has 4 N–H and O–H groups in total. The largest absolute Gasteiger partial charge is 0.373 e. The zero-order valence-electron chi connectivity index (χ0n) is 23.5. The van der Waals surface area contributed by atoms with Crippen LogP contribution in [0.5, 0.6) is 0 Å². The molecule has 1 atom stereocenters. The first-order valence-electron chi connectivity index (χ1n) is 14.2. The Morgan fingerprint density at radius 2 is 1.84 bits per heavy atom. The average molecular weight is 601 g/mol. The molecule has 1 saturated heterocycles. The highest BCUT2D eigenvalue weighted by molar-refractivity contribution is 6.31. The Bertz CT molecular complexity index is 1700. The highest BCUT2D eigenvalue weighted by Gasteiger charge is 2.28. The molecule has 220 valence electrons. The number of rotatable bonds is 8. The summed E-state index contributed by atoms with van der Waals surface area (Å²) < 4.78 is 27.7. The summed E-state index contributed by atoms with van der Waals surface area (Å²) in [4.78, 5) is 6.91. The van der Waals surface area contributed by atoms with Crippen molar-refractivity contribution in [3.05, 3.63) is 107 Å². The normalized spacial score (nSPS) is 16.4. The van der Waals surface area contributed by atoms with Gasteiger partial charge in [0.1, 0.15) is 17.7 Å². The molecule has 0 bridgehead atoms. The molecule has 3 heterocycles. The Kier molecular flexibility index (Phi) is 8.29. The van der Waals surface area contributed by atoms with Crippen LogP contribution in [0, 0.1) is 23.0 Å². The fourth-order valence-corrected chi connectivity index (χ4v) is 5.76. The number of likely N-dealkylation sites (tertiary alicyclic amines) is 1. The van der Waals surface area contributed by atoms with Gasteiger partial charge in [0.2, 0.25) is 0 Å². The zero-order chi connectivity index (χ0) is 29.9. The minimum atomic E-state index is -0.528. The number of hydrazine groups is 2. The summed E-state index contributed by atoms with van der Waals surface area (Å²) in [6.45, 7) is 5.35. The van der Waals surface area contributed by atoms with Gasteiger partial charge in [-0.1, -0.05) is 30.7 Å². The molecule has 1 fully saturated rings. The molecule has 2 aliphatic heterocycles. The fraction of sp³-hybridized carbons (Fsp3) is 0.250. The van der Waals surface area contributed by atoms with Gasteiger partial charge in [-0.05, 0) is 73.5 Å². The monoisotopic (exact) mass is 600 g/mol. The molecule has 6 rings (SSSR count). The molecule has 0 amide bonds. The van der Waals surface area contributed by atoms with Gasteiger partial charge in [0.25, 0.3) is 0 Å². The molecule has 4 aromatic rings. The van der Waals surface area contributed by atoms with Crippen molar-refractivity contribution in [3.63, 3.8) is 0 Å². The number of pyridine rings is 1. The van der Waals surface area contributed by atoms with Crippen molar-refractivity contribution >= 4 is 39.6 Å². The van der Waals surface area contributed by atoms with Crippen molar-refractivity contribution in [1.29, 1.82) is 5.26 Å². The molecule has 0 spiro atoms. The number of benzene rings is 3. The molecule has 1 unspecified atom stereocenters. The van der Waals surface area contributed by atoms with Gasteiger partial charge in [-0.3, -0.25) is 9.99 Å². The number of nitriles is 1. The second-order valence-electron chi connectivity index (χ2n) is 10.7. The summed E-state index contributed by atoms with van der Waals surface area (Å²) in [6.07, 6.45) is 5.68. The maximum absolute atomic E-state index is 13.9. The molecule has 3 aromatic carbocycles. The van der Waals surface area contributed by atoms with Gasteiger partial charge in [-0.15, -0.1) is 5.53 Å². The number of anilines is 3. The smallest absolute Gasteiger partial charge is 0.141 e. The van der Waals surface area contributed by atoms with E-state index in [1.54, 1.807) is 18.2 Å². The van der Waals surface area contributed by atoms with Crippen LogP contribution in [-0.2, 0) is 0 Å². The van der Waals surface area contributed by atoms with E-state index in [-0.39, 0.29) is 16.9 Å². The van der Waals surface area contributed by atoms with E-state index in [4.69, 9.17) is 11.6 Å². The summed E-state index contributed by atoms with van der Waals surface area (Å²) >= 11 is 6.01. The number of hydrogen-bond acceptors (Lipinski definition) is 8. The summed E-state index contributed by atoms with van der Waals surface area (Å²) in [6, 6.07) is 18.6. The Morgan fingerprint density at radius 3 is 2.56 bits per heavy atom. The van der Waals surface area contributed by atoms with Gasteiger partial charge in [-0.2, -0.15) is 5.26 Å². The van der Waals surface area contributed by atoms with Crippen LogP contribution in [0.15, 0.2) is 78.8 Å². The van der Waals surface area contributed by atoms with Gasteiger partial charge in [0.15, 0.2) is 0 Å². The molecule has 43 heavy (non-hydrogen) atoms. The van der Waals surface area contributed by atoms with Crippen LogP contribution in [0.3, 0.4) is 0 Å². The van der Waals surface area contributed by atoms with Gasteiger partial charge in [0, 0.05) is 48.3 Å². The van der Waals surface area contributed by atoms with Crippen molar-refractivity contribution in [2.75, 3.05) is 30.3 Å². The standard InChI is InChI=1S/C32H31ClF2N8/c1-2-42-13-11-25(12-14-42)43-19-30(40-41-43)32(20-3-5-22(34)6-4-20)39-23-8-10-29-26(15-23)31(21(17-36)18-37-29)38-24-7-9-28(35)27(33)16-24/h3-10,15-16,18-19,25,32,39-41H,2,11-14H2,1H3,(H,37,38). The SMILES string of the molecule is CCN1CCC(N2C=C(C(Nc3ccc4ncc(C#N)c(Nc5ccc(F)c(Cl)c5)c4c3)c3ccc(F)cc3)NN2)CC1. The van der Waals surface area contributed by atoms with E-state index in [0.29, 0.717) is 33.9 Å². The van der Waals surface area contributed by atoms with Crippen LogP contribution in [0.25, 0.3) is 10.9 Å². The van der Waals surface area contributed by atoms with Crippen LogP contribution in [0.2, 0.25) is 5.02 Å². The minimum absolute atomic E-state index is 0.0257. The van der Waals surface area contributed by atoms with Gasteiger partial charge >= 0.3 is 0 Å². The summed E-state index contributed by atoms with van der Waals surface area (Å²) in [5.74, 6) is -0.837. The minimum Gasteiger partial charge on any atom is -0.373 e. The van der Waals surface area contributed by atoms with Crippen molar-refractivity contribution in [2.24, 2.45) is 0 Å². The Hall–Kier alpha value is -4.43. The topological polar surface area (TPSA) is 91.3 Å². The van der Waals surface area contributed by atoms with Crippen molar-refractivity contribution < 1.29 is 8.78 Å². The van der Waals surface area contributed by atoms with E-state index in [1.807, 2.05) is 18.2 Å². The predicted molar refractivity (Wildman–Crippen MR) is 165 cm³/mol. The van der Waals surface area contributed by atoms with E-state index in [0.717, 1.165) is 49.4 Å². The summed E-state index contributed by atoms with van der Waals surface area (Å²) in [5, 5.41) is 19.5. The number of fused-ring (bicyclic) bond motifs is 1. The predicted octanol–water partition coefficient (Wildman–Crippen LogP) is 6.59. The third kappa shape index (κ3) is 6.20. The zero-order valence-corrected chi connectivity index (χ0v) is 24.3. The van der Waals surface area contributed by atoms with E-state index >= 15 is 0 Å². The van der Waals surface area contributed by atoms with Crippen LogP contribution in [0.4, 0.5) is 25.8 Å². The third-order valence-corrected chi connectivity index (χ3v) is 8.30. The van der Waals surface area contributed by atoms with Gasteiger partial charge < -0.3 is 21.0 Å². The van der Waals surface area contributed by atoms with E-state index in [9.17, 15) is 14.0 Å². The highest BCUT2D eigenvalue weighted by Crippen LogP contribution is 2.34. The Balaban J connectivity index is 1.33. The first-order chi connectivity index (χ1) is 20.9. The maximum Gasteiger partial charge on any atom is 0.141 e. The third-order valence-electron chi connectivity index (χ3n) is 8.01. The Labute approximate surface area is 253 Å². The van der Waals surface area contributed by atoms with Crippen LogP contribution in [-0.4, -0.2) is 40.6 Å². The lowest BCUT2D eigenvalue weighted by atomic mass is 10.0. The fourth-order valence-electron chi connectivity index (χ4n) is 5.58. The Morgan fingerprint density at radius 1 is 1.07 bits per heavy atom. The second-order valence-corrected chi connectivity index (χ2v) is 11.1. The van der Waals surface area contributed by atoms with Crippen LogP contribution >= 0.6 is 11.6 Å². The molecule has 0 saturated carbocycles. The lowest BCUT2D eigenvalue weighted by Gasteiger charge is -2.35. The van der Waals surface area contributed by atoms with E-state index in [2.05, 4.69) is 55.7 Å². The number of nitrogens with zero attached hydrogens (tertiary/aromatic N) is 4. The molecule has 2 aliphatic rings. The van der Waals surface area contributed by atoms with E-state index in [1.165, 1.54) is 30.5 Å². The molecule has 8 nitrogen and oxygen atoms in total. The molecular weight excluding hydrogens is 570 g/mol. The summed E-state index contributed by atoms with van der Waals surface area (Å²) in [5.41, 5.74) is 11.2. The molecule has 0 aliphatic carbocycles. The van der Waals surface area contributed by atoms with Crippen LogP contribution < -0.4 is 21.6 Å². The quantitative estimate of drug-likeness (QED) is 0.180. The van der Waals surface area contributed by atoms with Crippen molar-refractivity contribution in [3.8, 4) is 6.07 Å². The highest BCUT2D eigenvalue weighted by atomic mass is 35.5. The first kappa shape index (κ1) is 28.7. The number of hydrogen-bond donors (Lipinski definition) is 4. The molecule has 0 radical (unpaired) electrons. The van der Waals surface area contributed by atoms with Crippen LogP contribution in [0.1, 0.15) is 36.9 Å². The van der Waals surface area contributed by atoms with Crippen molar-refractivity contribution in [1.82, 2.24) is 25.9 Å².